The molecule has 0 atom stereocenters. The molecule has 0 radical (unpaired) electrons. The van der Waals surface area contributed by atoms with Crippen molar-refractivity contribution < 1.29 is 0 Å². The average molecular weight is 387 g/mol. The van der Waals surface area contributed by atoms with Gasteiger partial charge in [0.25, 0.3) is 5.56 Å². The van der Waals surface area contributed by atoms with Crippen molar-refractivity contribution in [3.05, 3.63) is 51.9 Å². The minimum atomic E-state index is -0.0533. The van der Waals surface area contributed by atoms with Crippen LogP contribution in [-0.2, 0) is 6.54 Å². The van der Waals surface area contributed by atoms with Crippen LogP contribution in [0.2, 0.25) is 5.02 Å². The van der Waals surface area contributed by atoms with Gasteiger partial charge in [0, 0.05) is 43.0 Å². The smallest absolute Gasteiger partial charge is 0.261 e. The number of imidazole rings is 1. The van der Waals surface area contributed by atoms with Gasteiger partial charge in [0.15, 0.2) is 0 Å². The lowest BCUT2D eigenvalue weighted by atomic mass is 10.2. The third-order valence-electron chi connectivity index (χ3n) is 4.77. The zero-order valence-electron chi connectivity index (χ0n) is 16.3. The van der Waals surface area contributed by atoms with Crippen LogP contribution in [0.25, 0.3) is 17.0 Å². The summed E-state index contributed by atoms with van der Waals surface area (Å²) in [5, 5.41) is 0.685. The van der Waals surface area contributed by atoms with Crippen molar-refractivity contribution in [3.63, 3.8) is 0 Å². The van der Waals surface area contributed by atoms with Gasteiger partial charge in [-0.25, -0.2) is 4.98 Å². The topological polar surface area (TPSA) is 42.5 Å². The Morgan fingerprint density at radius 3 is 2.52 bits per heavy atom. The highest BCUT2D eigenvalue weighted by atomic mass is 35.5. The van der Waals surface area contributed by atoms with Crippen molar-refractivity contribution in [1.29, 1.82) is 0 Å². The Morgan fingerprint density at radius 2 is 1.85 bits per heavy atom. The second kappa shape index (κ2) is 8.61. The van der Waals surface area contributed by atoms with Gasteiger partial charge in [-0.05, 0) is 25.0 Å². The maximum absolute atomic E-state index is 12.8. The second-order valence-corrected chi connectivity index (χ2v) is 7.36. The molecule has 0 unspecified atom stereocenters. The maximum Gasteiger partial charge on any atom is 0.261 e. The van der Waals surface area contributed by atoms with E-state index < -0.39 is 0 Å². The zero-order valence-corrected chi connectivity index (χ0v) is 17.0. The molecule has 0 bridgehead atoms. The van der Waals surface area contributed by atoms with Crippen molar-refractivity contribution in [2.24, 2.45) is 0 Å². The van der Waals surface area contributed by atoms with Crippen molar-refractivity contribution in [2.75, 3.05) is 18.5 Å². The van der Waals surface area contributed by atoms with E-state index in [1.165, 1.54) is 0 Å². The minimum Gasteiger partial charge on any atom is -0.361 e. The summed E-state index contributed by atoms with van der Waals surface area (Å²) < 4.78 is 3.82. The zero-order chi connectivity index (χ0) is 19.4. The van der Waals surface area contributed by atoms with Crippen LogP contribution in [0, 0.1) is 0 Å². The van der Waals surface area contributed by atoms with Crippen molar-refractivity contribution in [1.82, 2.24) is 14.0 Å². The minimum absolute atomic E-state index is 0.0533. The fourth-order valence-corrected chi connectivity index (χ4v) is 3.47. The Bertz CT molecular complexity index is 959. The van der Waals surface area contributed by atoms with Crippen molar-refractivity contribution in [2.45, 2.75) is 46.1 Å². The lowest BCUT2D eigenvalue weighted by molar-refractivity contribution is 0.595. The monoisotopic (exact) mass is 386 g/mol. The molecule has 0 aliphatic rings. The van der Waals surface area contributed by atoms with Gasteiger partial charge < -0.3 is 4.90 Å². The highest BCUT2D eigenvalue weighted by Gasteiger charge is 2.15. The fraction of sp³-hybridized carbons (Fsp3) is 0.429. The van der Waals surface area contributed by atoms with Gasteiger partial charge in [-0.15, -0.1) is 0 Å². The van der Waals surface area contributed by atoms with E-state index in [-0.39, 0.29) is 5.56 Å². The molecule has 0 saturated heterocycles. The summed E-state index contributed by atoms with van der Waals surface area (Å²) in [7, 11) is 2.04. The van der Waals surface area contributed by atoms with Gasteiger partial charge >= 0.3 is 0 Å². The Kier molecular flexibility index (Phi) is 6.22. The lowest BCUT2D eigenvalue weighted by Gasteiger charge is -2.23. The summed E-state index contributed by atoms with van der Waals surface area (Å²) in [5.41, 5.74) is 1.68. The quantitative estimate of drug-likeness (QED) is 0.519. The van der Waals surface area contributed by atoms with Crippen LogP contribution >= 0.6 is 11.6 Å². The summed E-state index contributed by atoms with van der Waals surface area (Å²) in [4.78, 5) is 19.7. The summed E-state index contributed by atoms with van der Waals surface area (Å²) in [6.45, 7) is 6.08. The number of benzene rings is 1. The molecular weight excluding hydrogens is 360 g/mol. The molecule has 5 nitrogen and oxygen atoms in total. The van der Waals surface area contributed by atoms with Gasteiger partial charge in [-0.1, -0.05) is 50.4 Å². The van der Waals surface area contributed by atoms with E-state index in [0.29, 0.717) is 10.8 Å². The molecule has 0 N–H and O–H groups in total. The Hall–Kier alpha value is -2.27. The molecule has 2 heterocycles. The molecule has 0 saturated carbocycles. The van der Waals surface area contributed by atoms with Gasteiger partial charge in [0.2, 0.25) is 5.78 Å². The van der Waals surface area contributed by atoms with Crippen LogP contribution < -0.4 is 10.5 Å². The lowest BCUT2D eigenvalue weighted by Crippen LogP contribution is -2.27. The van der Waals surface area contributed by atoms with Gasteiger partial charge in [0.1, 0.15) is 5.82 Å². The second-order valence-electron chi connectivity index (χ2n) is 6.92. The summed E-state index contributed by atoms with van der Waals surface area (Å²) >= 11 is 6.00. The van der Waals surface area contributed by atoms with E-state index in [0.717, 1.165) is 55.8 Å². The van der Waals surface area contributed by atoms with E-state index >= 15 is 0 Å². The van der Waals surface area contributed by atoms with Crippen LogP contribution in [0.4, 0.5) is 5.82 Å². The number of anilines is 1. The normalized spacial score (nSPS) is 11.3. The van der Waals surface area contributed by atoms with Crippen molar-refractivity contribution >= 4 is 23.2 Å². The van der Waals surface area contributed by atoms with Crippen LogP contribution in [0.3, 0.4) is 0 Å². The molecule has 0 amide bonds. The van der Waals surface area contributed by atoms with E-state index in [1.807, 2.05) is 37.5 Å². The highest BCUT2D eigenvalue weighted by molar-refractivity contribution is 6.30. The van der Waals surface area contributed by atoms with Crippen LogP contribution in [-0.4, -0.2) is 27.5 Å². The molecular formula is C21H27ClN4O. The average Bonchev–Trinajstić information content (AvgIpc) is 3.10. The first-order valence-electron chi connectivity index (χ1n) is 9.65. The third kappa shape index (κ3) is 4.19. The standard InChI is InChI=1S/C21H27ClN4O/c1-4-6-7-13-25-19(24(3)12-5-2)14-20(27)26-15-18(23-21(25)26)16-8-10-17(22)11-9-16/h8-11,14-15H,4-7,12-13H2,1-3H3. The first kappa shape index (κ1) is 19.5. The third-order valence-corrected chi connectivity index (χ3v) is 5.02. The van der Waals surface area contributed by atoms with Gasteiger partial charge in [0.05, 0.1) is 5.69 Å². The van der Waals surface area contributed by atoms with Gasteiger partial charge in [-0.2, -0.15) is 0 Å². The number of rotatable bonds is 8. The number of unbranched alkanes of at least 4 members (excludes halogenated alkanes) is 2. The molecule has 2 aromatic heterocycles. The van der Waals surface area contributed by atoms with E-state index in [2.05, 4.69) is 23.3 Å². The van der Waals surface area contributed by atoms with Crippen LogP contribution in [0.5, 0.6) is 0 Å². The molecule has 0 spiro atoms. The Morgan fingerprint density at radius 1 is 1.11 bits per heavy atom. The molecule has 27 heavy (non-hydrogen) atoms. The number of aromatic nitrogens is 3. The highest BCUT2D eigenvalue weighted by Crippen LogP contribution is 2.23. The summed E-state index contributed by atoms with van der Waals surface area (Å²) in [6, 6.07) is 9.27. The Labute approximate surface area is 165 Å². The predicted molar refractivity (Wildman–Crippen MR) is 113 cm³/mol. The van der Waals surface area contributed by atoms with E-state index in [9.17, 15) is 4.79 Å². The van der Waals surface area contributed by atoms with Crippen LogP contribution in [0.15, 0.2) is 41.3 Å². The number of hydrogen-bond acceptors (Lipinski definition) is 3. The first-order valence-corrected chi connectivity index (χ1v) is 10.0. The summed E-state index contributed by atoms with van der Waals surface area (Å²) in [6.07, 6.45) is 6.21. The van der Waals surface area contributed by atoms with E-state index in [4.69, 9.17) is 16.6 Å². The molecule has 6 heteroatoms. The summed E-state index contributed by atoms with van der Waals surface area (Å²) in [5.74, 6) is 1.63. The molecule has 0 aliphatic heterocycles. The Balaban J connectivity index is 2.14. The van der Waals surface area contributed by atoms with E-state index in [1.54, 1.807) is 10.5 Å². The number of halogens is 1. The predicted octanol–water partition coefficient (Wildman–Crippen LogP) is 4.85. The fourth-order valence-electron chi connectivity index (χ4n) is 3.34. The molecule has 3 rings (SSSR count). The molecule has 1 aromatic carbocycles. The van der Waals surface area contributed by atoms with Crippen molar-refractivity contribution in [3.8, 4) is 11.3 Å². The number of aryl methyl sites for hydroxylation is 1. The molecule has 0 aliphatic carbocycles. The molecule has 3 aromatic rings. The molecule has 0 fully saturated rings. The SMILES string of the molecule is CCCCCn1c(N(C)CCC)cc(=O)n2cc(-c3ccc(Cl)cc3)nc12. The van der Waals surface area contributed by atoms with Gasteiger partial charge in [-0.3, -0.25) is 13.8 Å². The first-order chi connectivity index (χ1) is 13.0. The van der Waals surface area contributed by atoms with Crippen LogP contribution in [0.1, 0.15) is 39.5 Å². The molecule has 144 valence electrons. The maximum atomic E-state index is 12.8. The number of nitrogens with zero attached hydrogens (tertiary/aromatic N) is 4. The number of hydrogen-bond donors (Lipinski definition) is 0. The largest absolute Gasteiger partial charge is 0.361 e. The number of fused-ring (bicyclic) bond motifs is 1.